The maximum absolute atomic E-state index is 5.78. The van der Waals surface area contributed by atoms with Gasteiger partial charge in [-0.3, -0.25) is 4.40 Å². The molecule has 0 bridgehead atoms. The lowest BCUT2D eigenvalue weighted by Gasteiger charge is -2.15. The van der Waals surface area contributed by atoms with Crippen LogP contribution in [-0.2, 0) is 4.74 Å². The first-order valence-electron chi connectivity index (χ1n) is 9.27. The summed E-state index contributed by atoms with van der Waals surface area (Å²) >= 11 is 0. The summed E-state index contributed by atoms with van der Waals surface area (Å²) in [6.07, 6.45) is 4.47. The minimum absolute atomic E-state index is 0.236. The van der Waals surface area contributed by atoms with Crippen LogP contribution in [0.15, 0.2) is 36.5 Å². The van der Waals surface area contributed by atoms with Crippen molar-refractivity contribution in [1.29, 1.82) is 0 Å². The lowest BCUT2D eigenvalue weighted by atomic mass is 10.1. The smallest absolute Gasteiger partial charge is 0.170 e. The highest BCUT2D eigenvalue weighted by Crippen LogP contribution is 2.41. The van der Waals surface area contributed by atoms with Crippen LogP contribution in [0.1, 0.15) is 18.4 Å². The van der Waals surface area contributed by atoms with E-state index in [2.05, 4.69) is 22.7 Å². The third kappa shape index (κ3) is 3.21. The number of hydrogen-bond acceptors (Lipinski definition) is 5. The Balaban J connectivity index is 1.84. The van der Waals surface area contributed by atoms with Crippen molar-refractivity contribution in [2.75, 3.05) is 32.7 Å². The first-order chi connectivity index (χ1) is 13.2. The van der Waals surface area contributed by atoms with Gasteiger partial charge in [-0.1, -0.05) is 12.1 Å². The minimum Gasteiger partial charge on any atom is -0.493 e. The molecule has 1 atom stereocenters. The Morgan fingerprint density at radius 1 is 1.22 bits per heavy atom. The predicted molar refractivity (Wildman–Crippen MR) is 106 cm³/mol. The monoisotopic (exact) mass is 367 g/mol. The predicted octanol–water partition coefficient (Wildman–Crippen LogP) is 3.92. The Bertz CT molecular complexity index is 945. The average Bonchev–Trinajstić information content (AvgIpc) is 3.34. The first kappa shape index (κ1) is 17.7. The van der Waals surface area contributed by atoms with Crippen LogP contribution in [0.3, 0.4) is 0 Å². The summed E-state index contributed by atoms with van der Waals surface area (Å²) in [5.41, 5.74) is 3.78. The largest absolute Gasteiger partial charge is 0.493 e. The van der Waals surface area contributed by atoms with Gasteiger partial charge in [0, 0.05) is 24.9 Å². The van der Waals surface area contributed by atoms with E-state index >= 15 is 0 Å². The number of methoxy groups -OCH3 is 2. The number of aromatic nitrogens is 2. The molecule has 6 heteroatoms. The van der Waals surface area contributed by atoms with E-state index in [1.54, 1.807) is 14.2 Å². The van der Waals surface area contributed by atoms with Gasteiger partial charge in [0.1, 0.15) is 17.2 Å². The van der Waals surface area contributed by atoms with Gasteiger partial charge in [-0.05, 0) is 43.5 Å². The fourth-order valence-corrected chi connectivity index (χ4v) is 3.65. The number of para-hydroxylation sites is 1. The second kappa shape index (κ2) is 7.48. The highest BCUT2D eigenvalue weighted by Gasteiger charge is 2.22. The zero-order chi connectivity index (χ0) is 18.8. The summed E-state index contributed by atoms with van der Waals surface area (Å²) < 4.78 is 19.0. The molecule has 1 aliphatic rings. The lowest BCUT2D eigenvalue weighted by Crippen LogP contribution is -2.19. The molecule has 0 spiro atoms. The van der Waals surface area contributed by atoms with E-state index in [1.165, 1.54) is 0 Å². The summed E-state index contributed by atoms with van der Waals surface area (Å²) in [4.78, 5) is 4.94. The lowest BCUT2D eigenvalue weighted by molar-refractivity contribution is 0.120. The molecule has 4 rings (SSSR count). The molecule has 0 saturated carbocycles. The van der Waals surface area contributed by atoms with Gasteiger partial charge in [0.25, 0.3) is 0 Å². The van der Waals surface area contributed by atoms with Gasteiger partial charge in [0.05, 0.1) is 20.3 Å². The van der Waals surface area contributed by atoms with Crippen LogP contribution in [0, 0.1) is 6.92 Å². The van der Waals surface area contributed by atoms with E-state index in [0.29, 0.717) is 11.5 Å². The molecular formula is C21H25N3O3. The van der Waals surface area contributed by atoms with Crippen LogP contribution < -0.4 is 14.8 Å². The van der Waals surface area contributed by atoms with Gasteiger partial charge in [-0.15, -0.1) is 0 Å². The fourth-order valence-electron chi connectivity index (χ4n) is 3.65. The molecule has 2 aromatic heterocycles. The first-order valence-corrected chi connectivity index (χ1v) is 9.27. The van der Waals surface area contributed by atoms with E-state index in [0.717, 1.165) is 54.3 Å². The summed E-state index contributed by atoms with van der Waals surface area (Å²) in [5, 5.41) is 3.57. The van der Waals surface area contributed by atoms with Crippen LogP contribution >= 0.6 is 0 Å². The molecule has 0 aliphatic carbocycles. The number of pyridine rings is 1. The van der Waals surface area contributed by atoms with Crippen molar-refractivity contribution in [3.05, 3.63) is 42.1 Å². The number of nitrogens with zero attached hydrogens (tertiary/aromatic N) is 2. The summed E-state index contributed by atoms with van der Waals surface area (Å²) in [6, 6.07) is 9.96. The normalized spacial score (nSPS) is 16.6. The summed E-state index contributed by atoms with van der Waals surface area (Å²) in [6.45, 7) is 3.66. The molecule has 142 valence electrons. The Morgan fingerprint density at radius 3 is 2.85 bits per heavy atom. The molecule has 0 unspecified atom stereocenters. The van der Waals surface area contributed by atoms with Crippen molar-refractivity contribution in [3.63, 3.8) is 0 Å². The number of aryl methyl sites for hydroxylation is 1. The standard InChI is InChI=1S/C21H25N3O3/c1-14-7-5-11-24-20(14)23-18(21(24)22-13-15-8-6-12-27-15)16-9-4-10-17(25-2)19(16)26-3/h4-5,7,9-11,15,22H,6,8,12-13H2,1-3H3/t15-/m0/s1. The van der Waals surface area contributed by atoms with Crippen LogP contribution in [0.4, 0.5) is 5.82 Å². The van der Waals surface area contributed by atoms with Crippen molar-refractivity contribution in [2.45, 2.75) is 25.9 Å². The molecule has 1 N–H and O–H groups in total. The highest BCUT2D eigenvalue weighted by molar-refractivity contribution is 5.82. The van der Waals surface area contributed by atoms with Crippen molar-refractivity contribution in [3.8, 4) is 22.8 Å². The third-order valence-corrected chi connectivity index (χ3v) is 5.02. The second-order valence-electron chi connectivity index (χ2n) is 6.75. The van der Waals surface area contributed by atoms with Crippen molar-refractivity contribution in [2.24, 2.45) is 0 Å². The maximum Gasteiger partial charge on any atom is 0.170 e. The van der Waals surface area contributed by atoms with Crippen LogP contribution in [0.2, 0.25) is 0 Å². The molecule has 3 heterocycles. The molecule has 0 amide bonds. The Kier molecular flexibility index (Phi) is 4.90. The second-order valence-corrected chi connectivity index (χ2v) is 6.75. The van der Waals surface area contributed by atoms with Crippen LogP contribution in [0.25, 0.3) is 16.9 Å². The topological polar surface area (TPSA) is 57.0 Å². The Morgan fingerprint density at radius 2 is 2.11 bits per heavy atom. The van der Waals surface area contributed by atoms with E-state index in [1.807, 2.05) is 30.5 Å². The number of anilines is 1. The van der Waals surface area contributed by atoms with Gasteiger partial charge in [-0.25, -0.2) is 4.98 Å². The zero-order valence-electron chi connectivity index (χ0n) is 16.0. The number of imidazole rings is 1. The van der Waals surface area contributed by atoms with E-state index < -0.39 is 0 Å². The molecule has 1 saturated heterocycles. The van der Waals surface area contributed by atoms with Crippen molar-refractivity contribution in [1.82, 2.24) is 9.38 Å². The van der Waals surface area contributed by atoms with Crippen molar-refractivity contribution < 1.29 is 14.2 Å². The Hall–Kier alpha value is -2.73. The number of hydrogen-bond donors (Lipinski definition) is 1. The SMILES string of the molecule is COc1cccc(-c2nc3c(C)cccn3c2NC[C@@H]2CCCO2)c1OC. The molecular weight excluding hydrogens is 342 g/mol. The highest BCUT2D eigenvalue weighted by atomic mass is 16.5. The Labute approximate surface area is 159 Å². The summed E-state index contributed by atoms with van der Waals surface area (Å²) in [7, 11) is 3.30. The third-order valence-electron chi connectivity index (χ3n) is 5.02. The molecule has 0 radical (unpaired) electrons. The average molecular weight is 367 g/mol. The van der Waals surface area contributed by atoms with Gasteiger partial charge in [-0.2, -0.15) is 0 Å². The van der Waals surface area contributed by atoms with E-state index in [4.69, 9.17) is 19.2 Å². The molecule has 1 aromatic carbocycles. The number of ether oxygens (including phenoxy) is 3. The van der Waals surface area contributed by atoms with Crippen molar-refractivity contribution >= 4 is 11.5 Å². The van der Waals surface area contributed by atoms with Gasteiger partial charge in [0.15, 0.2) is 11.5 Å². The van der Waals surface area contributed by atoms with E-state index in [-0.39, 0.29) is 6.10 Å². The molecule has 27 heavy (non-hydrogen) atoms. The van der Waals surface area contributed by atoms with Gasteiger partial charge >= 0.3 is 0 Å². The van der Waals surface area contributed by atoms with Crippen LogP contribution in [-0.4, -0.2) is 42.9 Å². The molecule has 1 aliphatic heterocycles. The van der Waals surface area contributed by atoms with Crippen LogP contribution in [0.5, 0.6) is 11.5 Å². The molecule has 6 nitrogen and oxygen atoms in total. The fraction of sp³-hybridized carbons (Fsp3) is 0.381. The number of fused-ring (bicyclic) bond motifs is 1. The quantitative estimate of drug-likeness (QED) is 0.716. The summed E-state index contributed by atoms with van der Waals surface area (Å²) in [5.74, 6) is 2.31. The number of nitrogens with one attached hydrogen (secondary N) is 1. The molecule has 3 aromatic rings. The maximum atomic E-state index is 5.78. The number of rotatable bonds is 6. The molecule has 1 fully saturated rings. The number of benzene rings is 1. The minimum atomic E-state index is 0.236. The van der Waals surface area contributed by atoms with Gasteiger partial charge in [0.2, 0.25) is 0 Å². The van der Waals surface area contributed by atoms with Gasteiger partial charge < -0.3 is 19.5 Å². The zero-order valence-corrected chi connectivity index (χ0v) is 16.0. The van der Waals surface area contributed by atoms with E-state index in [9.17, 15) is 0 Å².